The lowest BCUT2D eigenvalue weighted by Crippen LogP contribution is -2.31. The van der Waals surface area contributed by atoms with Gasteiger partial charge < -0.3 is 5.32 Å². The third-order valence-electron chi connectivity index (χ3n) is 4.60. The van der Waals surface area contributed by atoms with Gasteiger partial charge in [-0.05, 0) is 36.1 Å². The number of carbonyl (C=O) groups excluding carboxylic acids is 2. The zero-order valence-electron chi connectivity index (χ0n) is 15.8. The Kier molecular flexibility index (Phi) is 6.17. The SMILES string of the molecule is CCc1ccc(C[C@@H]2S/C(=C(\C#N)C(=O)NC)N(c3ccccc3)C2=O)cc1. The average molecular weight is 391 g/mol. The first-order valence-electron chi connectivity index (χ1n) is 9.09. The second-order valence-electron chi connectivity index (χ2n) is 6.36. The molecule has 0 unspecified atom stereocenters. The van der Waals surface area contributed by atoms with Gasteiger partial charge in [-0.2, -0.15) is 5.26 Å². The third kappa shape index (κ3) is 3.95. The van der Waals surface area contributed by atoms with Crippen LogP contribution in [0, 0.1) is 11.3 Å². The van der Waals surface area contributed by atoms with E-state index in [1.54, 1.807) is 12.1 Å². The van der Waals surface area contributed by atoms with Crippen LogP contribution in [0.4, 0.5) is 5.69 Å². The van der Waals surface area contributed by atoms with Crippen molar-refractivity contribution in [1.29, 1.82) is 5.26 Å². The van der Waals surface area contributed by atoms with Crippen LogP contribution < -0.4 is 10.2 Å². The second kappa shape index (κ2) is 8.77. The Morgan fingerprint density at radius 2 is 1.79 bits per heavy atom. The van der Waals surface area contributed by atoms with Gasteiger partial charge in [0.1, 0.15) is 16.7 Å². The van der Waals surface area contributed by atoms with Crippen molar-refractivity contribution < 1.29 is 9.59 Å². The number of hydrogen-bond acceptors (Lipinski definition) is 4. The molecule has 2 aromatic rings. The highest BCUT2D eigenvalue weighted by Gasteiger charge is 2.40. The number of rotatable bonds is 5. The number of anilines is 1. The molecule has 1 atom stereocenters. The van der Waals surface area contributed by atoms with Gasteiger partial charge in [0.15, 0.2) is 0 Å². The quantitative estimate of drug-likeness (QED) is 0.626. The first kappa shape index (κ1) is 19.7. The Hall–Kier alpha value is -3.04. The monoisotopic (exact) mass is 391 g/mol. The molecule has 0 spiro atoms. The number of likely N-dealkylation sites (N-methyl/N-ethyl adjacent to an activating group) is 1. The summed E-state index contributed by atoms with van der Waals surface area (Å²) < 4.78 is 0. The summed E-state index contributed by atoms with van der Waals surface area (Å²) in [4.78, 5) is 26.9. The van der Waals surface area contributed by atoms with Gasteiger partial charge in [0, 0.05) is 12.7 Å². The number of nitrogens with zero attached hydrogens (tertiary/aromatic N) is 2. The van der Waals surface area contributed by atoms with E-state index < -0.39 is 11.2 Å². The van der Waals surface area contributed by atoms with Crippen LogP contribution in [0.5, 0.6) is 0 Å². The molecule has 142 valence electrons. The van der Waals surface area contributed by atoms with Crippen molar-refractivity contribution in [2.24, 2.45) is 0 Å². The lowest BCUT2D eigenvalue weighted by molar-refractivity contribution is -0.117. The summed E-state index contributed by atoms with van der Waals surface area (Å²) in [5, 5.41) is 12.0. The van der Waals surface area contributed by atoms with Gasteiger partial charge >= 0.3 is 0 Å². The maximum atomic E-state index is 13.2. The number of nitriles is 1. The van der Waals surface area contributed by atoms with Crippen LogP contribution in [-0.2, 0) is 22.4 Å². The van der Waals surface area contributed by atoms with E-state index in [1.165, 1.54) is 29.3 Å². The molecule has 1 fully saturated rings. The van der Waals surface area contributed by atoms with Crippen molar-refractivity contribution >= 4 is 29.3 Å². The van der Waals surface area contributed by atoms with Gasteiger partial charge in [-0.3, -0.25) is 14.5 Å². The minimum Gasteiger partial charge on any atom is -0.354 e. The predicted octanol–water partition coefficient (Wildman–Crippen LogP) is 3.42. The average Bonchev–Trinajstić information content (AvgIpc) is 3.05. The topological polar surface area (TPSA) is 73.2 Å². The fourth-order valence-corrected chi connectivity index (χ4v) is 4.36. The molecule has 3 rings (SSSR count). The highest BCUT2D eigenvalue weighted by atomic mass is 32.2. The first-order valence-corrected chi connectivity index (χ1v) is 9.97. The van der Waals surface area contributed by atoms with Crippen LogP contribution in [0.15, 0.2) is 65.2 Å². The molecule has 0 saturated carbocycles. The molecular formula is C22H21N3O2S. The van der Waals surface area contributed by atoms with E-state index in [1.807, 2.05) is 36.4 Å². The molecule has 6 heteroatoms. The van der Waals surface area contributed by atoms with E-state index in [-0.39, 0.29) is 11.5 Å². The minimum absolute atomic E-state index is 0.0477. The normalized spacial score (nSPS) is 18.0. The molecule has 0 aliphatic carbocycles. The molecule has 2 amide bonds. The minimum atomic E-state index is -0.494. The summed E-state index contributed by atoms with van der Waals surface area (Å²) in [6, 6.07) is 19.3. The molecule has 0 aromatic heterocycles. The number of benzene rings is 2. The van der Waals surface area contributed by atoms with Gasteiger partial charge in [0.25, 0.3) is 5.91 Å². The van der Waals surface area contributed by atoms with E-state index in [2.05, 4.69) is 24.4 Å². The molecule has 0 bridgehead atoms. The van der Waals surface area contributed by atoms with Crippen molar-refractivity contribution in [3.63, 3.8) is 0 Å². The van der Waals surface area contributed by atoms with Crippen molar-refractivity contribution in [2.45, 2.75) is 25.0 Å². The molecular weight excluding hydrogens is 370 g/mol. The van der Waals surface area contributed by atoms with Crippen molar-refractivity contribution in [3.05, 3.63) is 76.3 Å². The van der Waals surface area contributed by atoms with E-state index in [4.69, 9.17) is 0 Å². The van der Waals surface area contributed by atoms with Gasteiger partial charge in [0.05, 0.1) is 5.25 Å². The molecule has 1 saturated heterocycles. The first-order chi connectivity index (χ1) is 13.6. The van der Waals surface area contributed by atoms with E-state index >= 15 is 0 Å². The lowest BCUT2D eigenvalue weighted by atomic mass is 10.1. The molecule has 1 aliphatic rings. The summed E-state index contributed by atoms with van der Waals surface area (Å²) in [5.41, 5.74) is 2.90. The van der Waals surface area contributed by atoms with Crippen molar-refractivity contribution in [1.82, 2.24) is 5.32 Å². The zero-order valence-corrected chi connectivity index (χ0v) is 16.6. The maximum Gasteiger partial charge on any atom is 0.264 e. The van der Waals surface area contributed by atoms with E-state index in [0.29, 0.717) is 17.1 Å². The summed E-state index contributed by atoms with van der Waals surface area (Å²) in [6.07, 6.45) is 1.50. The van der Waals surface area contributed by atoms with Crippen LogP contribution >= 0.6 is 11.8 Å². The Balaban J connectivity index is 1.98. The number of amides is 2. The number of thioether (sulfide) groups is 1. The number of aryl methyl sites for hydroxylation is 1. The lowest BCUT2D eigenvalue weighted by Gasteiger charge is -2.18. The van der Waals surface area contributed by atoms with Crippen molar-refractivity contribution in [2.75, 3.05) is 11.9 Å². The fraction of sp³-hybridized carbons (Fsp3) is 0.227. The zero-order chi connectivity index (χ0) is 20.1. The summed E-state index contributed by atoms with van der Waals surface area (Å²) in [7, 11) is 1.47. The molecule has 28 heavy (non-hydrogen) atoms. The molecule has 1 heterocycles. The summed E-state index contributed by atoms with van der Waals surface area (Å²) in [5.74, 6) is -0.617. The van der Waals surface area contributed by atoms with Crippen LogP contribution in [-0.4, -0.2) is 24.1 Å². The fourth-order valence-electron chi connectivity index (χ4n) is 3.05. The second-order valence-corrected chi connectivity index (χ2v) is 7.55. The van der Waals surface area contributed by atoms with E-state index in [0.717, 1.165) is 12.0 Å². The highest BCUT2D eigenvalue weighted by Crippen LogP contribution is 2.41. The number of para-hydroxylation sites is 1. The van der Waals surface area contributed by atoms with Gasteiger partial charge in [0.2, 0.25) is 5.91 Å². The Labute approximate surface area is 169 Å². The summed E-state index contributed by atoms with van der Waals surface area (Å²) >= 11 is 1.28. The summed E-state index contributed by atoms with van der Waals surface area (Å²) in [6.45, 7) is 2.10. The van der Waals surface area contributed by atoms with Crippen LogP contribution in [0.3, 0.4) is 0 Å². The molecule has 1 N–H and O–H groups in total. The van der Waals surface area contributed by atoms with Gasteiger partial charge in [-0.25, -0.2) is 0 Å². The largest absolute Gasteiger partial charge is 0.354 e. The molecule has 5 nitrogen and oxygen atoms in total. The number of hydrogen-bond donors (Lipinski definition) is 1. The van der Waals surface area contributed by atoms with Gasteiger partial charge in [-0.1, -0.05) is 61.2 Å². The Bertz CT molecular complexity index is 946. The maximum absolute atomic E-state index is 13.2. The van der Waals surface area contributed by atoms with Crippen LogP contribution in [0.2, 0.25) is 0 Å². The van der Waals surface area contributed by atoms with Crippen LogP contribution in [0.1, 0.15) is 18.1 Å². The third-order valence-corrected chi connectivity index (χ3v) is 5.86. The molecule has 1 aliphatic heterocycles. The van der Waals surface area contributed by atoms with E-state index in [9.17, 15) is 14.9 Å². The molecule has 0 radical (unpaired) electrons. The Morgan fingerprint density at radius 3 is 2.36 bits per heavy atom. The van der Waals surface area contributed by atoms with Crippen LogP contribution in [0.25, 0.3) is 0 Å². The number of carbonyl (C=O) groups is 2. The Morgan fingerprint density at radius 1 is 1.14 bits per heavy atom. The number of nitrogens with one attached hydrogen (secondary N) is 1. The molecule has 2 aromatic carbocycles. The van der Waals surface area contributed by atoms with Gasteiger partial charge in [-0.15, -0.1) is 0 Å². The standard InChI is InChI=1S/C22H21N3O2S/c1-3-15-9-11-16(12-10-15)13-19-21(27)25(17-7-5-4-6-8-17)22(28-19)18(14-23)20(26)24-2/h4-12,19H,3,13H2,1-2H3,(H,24,26)/b22-18+/t19-/m0/s1. The van der Waals surface area contributed by atoms with Crippen molar-refractivity contribution in [3.8, 4) is 6.07 Å². The predicted molar refractivity (Wildman–Crippen MR) is 112 cm³/mol. The highest BCUT2D eigenvalue weighted by molar-refractivity contribution is 8.05. The smallest absolute Gasteiger partial charge is 0.264 e.